The maximum Gasteiger partial charge on any atom is 0.359 e. The topological polar surface area (TPSA) is 44.1 Å². The molecule has 0 saturated heterocycles. The third-order valence-corrected chi connectivity index (χ3v) is 1.69. The van der Waals surface area contributed by atoms with Crippen molar-refractivity contribution >= 4 is 5.97 Å². The van der Waals surface area contributed by atoms with Gasteiger partial charge in [-0.25, -0.2) is 4.79 Å². The van der Waals surface area contributed by atoms with E-state index in [-0.39, 0.29) is 18.1 Å². The van der Waals surface area contributed by atoms with Crippen molar-refractivity contribution in [2.75, 3.05) is 0 Å². The summed E-state index contributed by atoms with van der Waals surface area (Å²) < 4.78 is 6.75. The van der Waals surface area contributed by atoms with Crippen LogP contribution in [-0.2, 0) is 4.74 Å². The Morgan fingerprint density at radius 1 is 1.43 bits per heavy atom. The van der Waals surface area contributed by atoms with Crippen LogP contribution < -0.4 is 0 Å². The zero-order valence-electron chi connectivity index (χ0n) is 9.02. The van der Waals surface area contributed by atoms with Crippen molar-refractivity contribution in [2.45, 2.75) is 39.8 Å². The van der Waals surface area contributed by atoms with Gasteiger partial charge in [-0.15, -0.1) is 0 Å². The standard InChI is InChI=1S/C10H16N2O2/c1-7(2)12-6-5-9(11-12)10(13)14-8(3)4/h5-8H,1-4H3. The number of aromatic nitrogens is 2. The first-order valence-corrected chi connectivity index (χ1v) is 4.77. The van der Waals surface area contributed by atoms with Gasteiger partial charge in [0.15, 0.2) is 5.69 Å². The first-order chi connectivity index (χ1) is 6.50. The summed E-state index contributed by atoms with van der Waals surface area (Å²) in [6.45, 7) is 7.64. The van der Waals surface area contributed by atoms with Gasteiger partial charge in [0.2, 0.25) is 0 Å². The van der Waals surface area contributed by atoms with Gasteiger partial charge in [-0.1, -0.05) is 0 Å². The normalized spacial score (nSPS) is 11.0. The van der Waals surface area contributed by atoms with Crippen molar-refractivity contribution in [1.29, 1.82) is 0 Å². The van der Waals surface area contributed by atoms with Crippen LogP contribution in [0.15, 0.2) is 12.3 Å². The zero-order chi connectivity index (χ0) is 10.7. The lowest BCUT2D eigenvalue weighted by atomic mass is 10.4. The largest absolute Gasteiger partial charge is 0.458 e. The Labute approximate surface area is 83.9 Å². The number of esters is 1. The van der Waals surface area contributed by atoms with Crippen molar-refractivity contribution in [1.82, 2.24) is 9.78 Å². The van der Waals surface area contributed by atoms with E-state index in [1.54, 1.807) is 16.9 Å². The summed E-state index contributed by atoms with van der Waals surface area (Å²) in [6.07, 6.45) is 1.67. The summed E-state index contributed by atoms with van der Waals surface area (Å²) in [5, 5.41) is 4.10. The average molecular weight is 196 g/mol. The number of ether oxygens (including phenoxy) is 1. The number of carbonyl (C=O) groups is 1. The first-order valence-electron chi connectivity index (χ1n) is 4.77. The molecule has 1 rings (SSSR count). The predicted octanol–water partition coefficient (Wildman–Crippen LogP) is 2.03. The predicted molar refractivity (Wildman–Crippen MR) is 53.2 cm³/mol. The average Bonchev–Trinajstić information content (AvgIpc) is 2.50. The molecule has 1 heterocycles. The maximum absolute atomic E-state index is 11.4. The molecule has 0 fully saturated rings. The van der Waals surface area contributed by atoms with Gasteiger partial charge in [-0.05, 0) is 33.8 Å². The number of nitrogens with zero attached hydrogens (tertiary/aromatic N) is 2. The summed E-state index contributed by atoms with van der Waals surface area (Å²) in [6, 6.07) is 1.93. The number of rotatable bonds is 3. The molecule has 0 saturated carbocycles. The second-order valence-electron chi connectivity index (χ2n) is 3.73. The van der Waals surface area contributed by atoms with Crippen LogP contribution in [0.2, 0.25) is 0 Å². The second-order valence-corrected chi connectivity index (χ2v) is 3.73. The Balaban J connectivity index is 2.71. The zero-order valence-corrected chi connectivity index (χ0v) is 9.02. The molecule has 0 aromatic carbocycles. The van der Waals surface area contributed by atoms with Crippen LogP contribution in [0.3, 0.4) is 0 Å². The van der Waals surface area contributed by atoms with Crippen LogP contribution in [-0.4, -0.2) is 21.9 Å². The minimum atomic E-state index is -0.362. The molecule has 0 aliphatic rings. The van der Waals surface area contributed by atoms with E-state index in [1.165, 1.54) is 0 Å². The van der Waals surface area contributed by atoms with Crippen LogP contribution in [0, 0.1) is 0 Å². The van der Waals surface area contributed by atoms with Crippen LogP contribution in [0.1, 0.15) is 44.2 Å². The quantitative estimate of drug-likeness (QED) is 0.695. The SMILES string of the molecule is CC(C)OC(=O)c1ccn(C(C)C)n1. The minimum Gasteiger partial charge on any atom is -0.458 e. The molecule has 0 amide bonds. The fraction of sp³-hybridized carbons (Fsp3) is 0.600. The molecule has 0 aliphatic carbocycles. The maximum atomic E-state index is 11.4. The van der Waals surface area contributed by atoms with E-state index in [1.807, 2.05) is 27.7 Å². The van der Waals surface area contributed by atoms with Crippen molar-refractivity contribution < 1.29 is 9.53 Å². The molecule has 0 spiro atoms. The summed E-state index contributed by atoms with van der Waals surface area (Å²) in [5.74, 6) is -0.362. The van der Waals surface area contributed by atoms with Gasteiger partial charge in [0, 0.05) is 12.2 Å². The molecule has 14 heavy (non-hydrogen) atoms. The molecule has 0 N–H and O–H groups in total. The van der Waals surface area contributed by atoms with Crippen molar-refractivity contribution in [3.8, 4) is 0 Å². The molecule has 1 aromatic heterocycles. The lowest BCUT2D eigenvalue weighted by Gasteiger charge is -2.06. The molecule has 0 bridgehead atoms. The number of carbonyl (C=O) groups excluding carboxylic acids is 1. The fourth-order valence-corrected chi connectivity index (χ4v) is 1.01. The Hall–Kier alpha value is -1.32. The summed E-state index contributed by atoms with van der Waals surface area (Å²) in [7, 11) is 0. The number of hydrogen-bond acceptors (Lipinski definition) is 3. The molecule has 0 atom stereocenters. The van der Waals surface area contributed by atoms with Gasteiger partial charge in [-0.2, -0.15) is 5.10 Å². The van der Waals surface area contributed by atoms with Crippen LogP contribution >= 0.6 is 0 Å². The second kappa shape index (κ2) is 4.26. The summed E-state index contributed by atoms with van der Waals surface area (Å²) >= 11 is 0. The van der Waals surface area contributed by atoms with Gasteiger partial charge in [0.05, 0.1) is 6.10 Å². The van der Waals surface area contributed by atoms with E-state index >= 15 is 0 Å². The Bertz CT molecular complexity index is 316. The highest BCUT2D eigenvalue weighted by molar-refractivity contribution is 5.87. The summed E-state index contributed by atoms with van der Waals surface area (Å²) in [4.78, 5) is 11.4. The van der Waals surface area contributed by atoms with E-state index in [9.17, 15) is 4.79 Å². The molecule has 0 unspecified atom stereocenters. The Morgan fingerprint density at radius 3 is 2.50 bits per heavy atom. The highest BCUT2D eigenvalue weighted by Gasteiger charge is 2.12. The van der Waals surface area contributed by atoms with E-state index in [0.717, 1.165) is 0 Å². The highest BCUT2D eigenvalue weighted by atomic mass is 16.5. The van der Waals surface area contributed by atoms with Crippen LogP contribution in [0.5, 0.6) is 0 Å². The first kappa shape index (κ1) is 10.8. The molecule has 1 aromatic rings. The molecule has 4 heteroatoms. The van der Waals surface area contributed by atoms with Crippen molar-refractivity contribution in [3.05, 3.63) is 18.0 Å². The monoisotopic (exact) mass is 196 g/mol. The highest BCUT2D eigenvalue weighted by Crippen LogP contribution is 2.06. The van der Waals surface area contributed by atoms with Crippen LogP contribution in [0.4, 0.5) is 0 Å². The van der Waals surface area contributed by atoms with Gasteiger partial charge in [-0.3, -0.25) is 4.68 Å². The molecule has 0 radical (unpaired) electrons. The minimum absolute atomic E-state index is 0.105. The molecule has 78 valence electrons. The van der Waals surface area contributed by atoms with Gasteiger partial charge < -0.3 is 4.74 Å². The number of hydrogen-bond donors (Lipinski definition) is 0. The molecular weight excluding hydrogens is 180 g/mol. The van der Waals surface area contributed by atoms with E-state index in [2.05, 4.69) is 5.10 Å². The van der Waals surface area contributed by atoms with Gasteiger partial charge in [0.25, 0.3) is 0 Å². The van der Waals surface area contributed by atoms with Crippen molar-refractivity contribution in [2.24, 2.45) is 0 Å². The van der Waals surface area contributed by atoms with Gasteiger partial charge >= 0.3 is 5.97 Å². The smallest absolute Gasteiger partial charge is 0.359 e. The lowest BCUT2D eigenvalue weighted by Crippen LogP contribution is -2.13. The van der Waals surface area contributed by atoms with Crippen molar-refractivity contribution in [3.63, 3.8) is 0 Å². The fourth-order valence-electron chi connectivity index (χ4n) is 1.01. The Kier molecular flexibility index (Phi) is 3.28. The third kappa shape index (κ3) is 2.58. The molecule has 4 nitrogen and oxygen atoms in total. The van der Waals surface area contributed by atoms with E-state index in [0.29, 0.717) is 5.69 Å². The molecule has 0 aliphatic heterocycles. The third-order valence-electron chi connectivity index (χ3n) is 1.69. The Morgan fingerprint density at radius 2 is 2.07 bits per heavy atom. The lowest BCUT2D eigenvalue weighted by molar-refractivity contribution is 0.0369. The summed E-state index contributed by atoms with van der Waals surface area (Å²) in [5.41, 5.74) is 0.368. The molecular formula is C10H16N2O2. The van der Waals surface area contributed by atoms with E-state index in [4.69, 9.17) is 4.74 Å². The van der Waals surface area contributed by atoms with Crippen LogP contribution in [0.25, 0.3) is 0 Å². The van der Waals surface area contributed by atoms with E-state index < -0.39 is 0 Å². The van der Waals surface area contributed by atoms with Gasteiger partial charge in [0.1, 0.15) is 0 Å².